The highest BCUT2D eigenvalue weighted by Gasteiger charge is 2.22. The zero-order chi connectivity index (χ0) is 20.2. The average molecular weight is 399 g/mol. The predicted molar refractivity (Wildman–Crippen MR) is 119 cm³/mol. The molecule has 2 heterocycles. The molecule has 5 heteroatoms. The van der Waals surface area contributed by atoms with Gasteiger partial charge in [-0.3, -0.25) is 4.98 Å². The second-order valence-electron chi connectivity index (χ2n) is 7.97. The minimum absolute atomic E-state index is 0.302. The fourth-order valence-electron chi connectivity index (χ4n) is 4.16. The minimum atomic E-state index is 0.302. The Morgan fingerprint density at radius 1 is 0.933 bits per heavy atom. The summed E-state index contributed by atoms with van der Waals surface area (Å²) in [6.07, 6.45) is 12.2. The van der Waals surface area contributed by atoms with Gasteiger partial charge in [0.25, 0.3) is 0 Å². The number of fused-ring (bicyclic) bond motifs is 1. The van der Waals surface area contributed by atoms with Gasteiger partial charge in [-0.05, 0) is 79.1 Å². The zero-order valence-electron chi connectivity index (χ0n) is 16.9. The lowest BCUT2D eigenvalue weighted by Crippen LogP contribution is -2.35. The second kappa shape index (κ2) is 8.67. The lowest BCUT2D eigenvalue weighted by atomic mass is 9.92. The Morgan fingerprint density at radius 3 is 2.60 bits per heavy atom. The van der Waals surface area contributed by atoms with Gasteiger partial charge in [0.1, 0.15) is 5.75 Å². The summed E-state index contributed by atoms with van der Waals surface area (Å²) in [7, 11) is 0. The molecule has 1 fully saturated rings. The van der Waals surface area contributed by atoms with E-state index in [1.807, 2.05) is 35.4 Å². The number of rotatable bonds is 6. The monoisotopic (exact) mass is 398 g/mol. The fraction of sp³-hybridized carbons (Fsp3) is 0.280. The SMILES string of the molecule is c1cnn(-c2ccc(CNC3CCC(Oc4ccc5cnccc5c4)CC3)cc2)c1. The van der Waals surface area contributed by atoms with E-state index in [4.69, 9.17) is 4.74 Å². The smallest absolute Gasteiger partial charge is 0.120 e. The van der Waals surface area contributed by atoms with Crippen LogP contribution in [0.4, 0.5) is 0 Å². The summed E-state index contributed by atoms with van der Waals surface area (Å²) in [5, 5.41) is 10.3. The van der Waals surface area contributed by atoms with Crippen LogP contribution in [0, 0.1) is 0 Å². The largest absolute Gasteiger partial charge is 0.490 e. The summed E-state index contributed by atoms with van der Waals surface area (Å²) in [5.74, 6) is 0.961. The summed E-state index contributed by atoms with van der Waals surface area (Å²) in [6.45, 7) is 0.897. The Bertz CT molecular complexity index is 1080. The Labute approximate surface area is 176 Å². The first-order valence-corrected chi connectivity index (χ1v) is 10.7. The highest BCUT2D eigenvalue weighted by Crippen LogP contribution is 2.26. The van der Waals surface area contributed by atoms with E-state index in [2.05, 4.69) is 57.9 Å². The molecule has 2 aromatic carbocycles. The quantitative estimate of drug-likeness (QED) is 0.502. The molecule has 0 bridgehead atoms. The number of benzene rings is 2. The molecule has 0 radical (unpaired) electrons. The van der Waals surface area contributed by atoms with Crippen LogP contribution in [0.1, 0.15) is 31.2 Å². The van der Waals surface area contributed by atoms with Crippen LogP contribution in [0.2, 0.25) is 0 Å². The predicted octanol–water partition coefficient (Wildman–Crippen LogP) is 4.90. The highest BCUT2D eigenvalue weighted by atomic mass is 16.5. The minimum Gasteiger partial charge on any atom is -0.490 e. The average Bonchev–Trinajstić information content (AvgIpc) is 3.34. The molecule has 0 amide bonds. The van der Waals surface area contributed by atoms with Gasteiger partial charge in [0.2, 0.25) is 0 Å². The first-order valence-electron chi connectivity index (χ1n) is 10.7. The standard InChI is InChI=1S/C25H26N4O/c1-13-28-29(15-1)23-7-2-19(3-8-23)17-27-22-5-10-24(11-6-22)30-25-9-4-21-18-26-14-12-20(21)16-25/h1-4,7-9,12-16,18,22,24,27H,5-6,10-11,17H2. The summed E-state index contributed by atoms with van der Waals surface area (Å²) >= 11 is 0. The second-order valence-corrected chi connectivity index (χ2v) is 7.97. The number of ether oxygens (including phenoxy) is 1. The van der Waals surface area contributed by atoms with Crippen LogP contribution >= 0.6 is 0 Å². The number of hydrogen-bond donors (Lipinski definition) is 1. The number of hydrogen-bond acceptors (Lipinski definition) is 4. The van der Waals surface area contributed by atoms with E-state index >= 15 is 0 Å². The van der Waals surface area contributed by atoms with Gasteiger partial charge in [-0.2, -0.15) is 5.10 Å². The Hall–Kier alpha value is -3.18. The van der Waals surface area contributed by atoms with Crippen molar-refractivity contribution < 1.29 is 4.74 Å². The normalized spacial score (nSPS) is 19.1. The maximum Gasteiger partial charge on any atom is 0.120 e. The molecule has 4 aromatic rings. The van der Waals surface area contributed by atoms with Crippen LogP contribution in [0.5, 0.6) is 5.75 Å². The van der Waals surface area contributed by atoms with Crippen LogP contribution in [-0.4, -0.2) is 26.9 Å². The fourth-order valence-corrected chi connectivity index (χ4v) is 4.16. The van der Waals surface area contributed by atoms with E-state index in [0.717, 1.165) is 49.1 Å². The maximum atomic E-state index is 6.27. The molecule has 1 N–H and O–H groups in total. The van der Waals surface area contributed by atoms with Gasteiger partial charge in [-0.15, -0.1) is 0 Å². The van der Waals surface area contributed by atoms with Crippen molar-refractivity contribution in [2.75, 3.05) is 0 Å². The zero-order valence-corrected chi connectivity index (χ0v) is 16.9. The van der Waals surface area contributed by atoms with Crippen LogP contribution in [0.3, 0.4) is 0 Å². The van der Waals surface area contributed by atoms with Crippen molar-refractivity contribution in [3.63, 3.8) is 0 Å². The van der Waals surface area contributed by atoms with Gasteiger partial charge in [-0.25, -0.2) is 4.68 Å². The Kier molecular flexibility index (Phi) is 5.44. The third-order valence-corrected chi connectivity index (χ3v) is 5.89. The van der Waals surface area contributed by atoms with Crippen molar-refractivity contribution in [1.82, 2.24) is 20.1 Å². The molecule has 30 heavy (non-hydrogen) atoms. The molecular formula is C25H26N4O. The van der Waals surface area contributed by atoms with Gasteiger partial charge >= 0.3 is 0 Å². The van der Waals surface area contributed by atoms with Crippen molar-refractivity contribution in [2.24, 2.45) is 0 Å². The molecule has 0 atom stereocenters. The molecule has 5 nitrogen and oxygen atoms in total. The lowest BCUT2D eigenvalue weighted by molar-refractivity contribution is 0.139. The van der Waals surface area contributed by atoms with E-state index in [0.29, 0.717) is 12.1 Å². The molecule has 0 unspecified atom stereocenters. The molecule has 0 aliphatic heterocycles. The molecule has 1 aliphatic carbocycles. The summed E-state index contributed by atoms with van der Waals surface area (Å²) in [6, 6.07) is 19.4. The van der Waals surface area contributed by atoms with Gasteiger partial charge < -0.3 is 10.1 Å². The first kappa shape index (κ1) is 18.8. The number of nitrogens with zero attached hydrogens (tertiary/aromatic N) is 3. The van der Waals surface area contributed by atoms with Crippen LogP contribution in [0.25, 0.3) is 16.5 Å². The van der Waals surface area contributed by atoms with Crippen molar-refractivity contribution in [3.8, 4) is 11.4 Å². The number of nitrogens with one attached hydrogen (secondary N) is 1. The molecule has 1 aliphatic rings. The highest BCUT2D eigenvalue weighted by molar-refractivity contribution is 5.82. The van der Waals surface area contributed by atoms with Crippen molar-refractivity contribution in [2.45, 2.75) is 44.4 Å². The number of pyridine rings is 1. The molecule has 5 rings (SSSR count). The summed E-state index contributed by atoms with van der Waals surface area (Å²) in [4.78, 5) is 4.17. The molecule has 0 spiro atoms. The summed E-state index contributed by atoms with van der Waals surface area (Å²) in [5.41, 5.74) is 2.39. The van der Waals surface area contributed by atoms with E-state index in [-0.39, 0.29) is 0 Å². The lowest BCUT2D eigenvalue weighted by Gasteiger charge is -2.29. The molecule has 152 valence electrons. The van der Waals surface area contributed by atoms with Crippen LogP contribution in [0.15, 0.2) is 79.4 Å². The van der Waals surface area contributed by atoms with Crippen molar-refractivity contribution >= 4 is 10.8 Å². The molecule has 0 saturated heterocycles. The van der Waals surface area contributed by atoms with Crippen molar-refractivity contribution in [3.05, 3.63) is 84.9 Å². The van der Waals surface area contributed by atoms with E-state index < -0.39 is 0 Å². The molecule has 2 aromatic heterocycles. The van der Waals surface area contributed by atoms with Gasteiger partial charge in [-0.1, -0.05) is 12.1 Å². The van der Waals surface area contributed by atoms with Gasteiger partial charge in [0.05, 0.1) is 11.8 Å². The van der Waals surface area contributed by atoms with Gasteiger partial charge in [0.15, 0.2) is 0 Å². The van der Waals surface area contributed by atoms with Gasteiger partial charge in [0, 0.05) is 42.8 Å². The Morgan fingerprint density at radius 2 is 1.80 bits per heavy atom. The van der Waals surface area contributed by atoms with E-state index in [1.165, 1.54) is 10.9 Å². The van der Waals surface area contributed by atoms with Crippen LogP contribution in [-0.2, 0) is 6.54 Å². The van der Waals surface area contributed by atoms with Crippen LogP contribution < -0.4 is 10.1 Å². The van der Waals surface area contributed by atoms with E-state index in [1.54, 1.807) is 6.20 Å². The first-order chi connectivity index (χ1) is 14.8. The number of aromatic nitrogens is 3. The Balaban J connectivity index is 1.10. The topological polar surface area (TPSA) is 52.0 Å². The summed E-state index contributed by atoms with van der Waals surface area (Å²) < 4.78 is 8.15. The van der Waals surface area contributed by atoms with Crippen molar-refractivity contribution in [1.29, 1.82) is 0 Å². The third-order valence-electron chi connectivity index (χ3n) is 5.89. The van der Waals surface area contributed by atoms with E-state index in [9.17, 15) is 0 Å². The third kappa shape index (κ3) is 4.36. The molecular weight excluding hydrogens is 372 g/mol. The maximum absolute atomic E-state index is 6.27. The molecule has 1 saturated carbocycles.